The van der Waals surface area contributed by atoms with E-state index in [9.17, 15) is 10.2 Å². The number of benzene rings is 9. The number of fused-ring (bicyclic) bond motifs is 6. The fourth-order valence-corrected chi connectivity index (χ4v) is 8.63. The predicted octanol–water partition coefficient (Wildman–Crippen LogP) is 14.1. The molecule has 6 nitrogen and oxygen atoms in total. The van der Waals surface area contributed by atoms with Gasteiger partial charge >= 0.3 is 0 Å². The van der Waals surface area contributed by atoms with E-state index < -0.39 is 0 Å². The second-order valence-electron chi connectivity index (χ2n) is 15.4. The average Bonchev–Trinajstić information content (AvgIpc) is 3.84. The third kappa shape index (κ3) is 7.20. The van der Waals surface area contributed by atoms with E-state index in [1.165, 1.54) is 21.5 Å². The number of hydrogen-bond acceptors (Lipinski definition) is 4. The first-order valence-electron chi connectivity index (χ1n) is 20.6. The Bertz CT molecular complexity index is 3200. The molecule has 9 aromatic carbocycles. The van der Waals surface area contributed by atoms with Gasteiger partial charge in [-0.05, 0) is 107 Å². The second-order valence-corrected chi connectivity index (χ2v) is 15.4. The van der Waals surface area contributed by atoms with Gasteiger partial charge in [0.1, 0.15) is 11.5 Å². The van der Waals surface area contributed by atoms with E-state index in [-0.39, 0.29) is 32.6 Å². The smallest absolute Gasteiger partial charge is 0.124 e. The van der Waals surface area contributed by atoms with Crippen molar-refractivity contribution in [3.05, 3.63) is 217 Å². The zero-order valence-corrected chi connectivity index (χ0v) is 36.1. The fourth-order valence-electron chi connectivity index (χ4n) is 8.63. The Kier molecular flexibility index (Phi) is 10.4. The Morgan fingerprint density at radius 3 is 0.968 bits per heavy atom. The molecule has 2 heterocycles. The molecule has 11 rings (SSSR count). The van der Waals surface area contributed by atoms with Crippen LogP contribution in [0.5, 0.6) is 11.5 Å². The molecule has 0 amide bonds. The van der Waals surface area contributed by atoms with Crippen LogP contribution in [0, 0.1) is 0 Å². The summed E-state index contributed by atoms with van der Waals surface area (Å²) in [5.41, 5.74) is 13.0. The number of para-hydroxylation sites is 6. The largest absolute Gasteiger partial charge is 0.507 e. The first kappa shape index (κ1) is 39.4. The summed E-state index contributed by atoms with van der Waals surface area (Å²) in [5, 5.41) is 27.1. The van der Waals surface area contributed by atoms with Crippen LogP contribution in [0.25, 0.3) is 77.2 Å². The summed E-state index contributed by atoms with van der Waals surface area (Å²) in [5.74, 6) is 0.259. The van der Waals surface area contributed by atoms with Gasteiger partial charge in [0.05, 0.1) is 33.4 Å². The molecule has 0 spiro atoms. The molecule has 0 aliphatic rings. The molecule has 0 aliphatic heterocycles. The van der Waals surface area contributed by atoms with Crippen LogP contribution >= 0.6 is 0 Å². The summed E-state index contributed by atoms with van der Waals surface area (Å²) in [6, 6.07) is 69.6. The third-order valence-corrected chi connectivity index (χ3v) is 11.7. The average molecular weight is 994 g/mol. The van der Waals surface area contributed by atoms with E-state index in [0.29, 0.717) is 22.5 Å². The molecule has 304 valence electrons. The first-order valence-corrected chi connectivity index (χ1v) is 20.6. The van der Waals surface area contributed by atoms with Gasteiger partial charge in [-0.15, -0.1) is 0 Å². The molecule has 0 fully saturated rings. The molecule has 63 heavy (non-hydrogen) atoms. The number of rotatable bonds is 8. The van der Waals surface area contributed by atoms with E-state index in [0.717, 1.165) is 55.7 Å². The van der Waals surface area contributed by atoms with Gasteiger partial charge in [0.15, 0.2) is 0 Å². The van der Waals surface area contributed by atoms with Crippen molar-refractivity contribution in [2.75, 3.05) is 0 Å². The van der Waals surface area contributed by atoms with Crippen LogP contribution in [0.1, 0.15) is 11.1 Å². The van der Waals surface area contributed by atoms with Gasteiger partial charge in [-0.2, -0.15) is 0 Å². The molecule has 0 saturated carbocycles. The SMILES string of the molecule is Oc1cc(-c2ccc(-n3c4ccccc4c4ccccc43)cc2)ccc1C=Nc1ccccc1N=Cc1ccc(-c2ccc(-n3c4ccccc4c4ccccc43)cc2)cc1O.[Pt]. The summed E-state index contributed by atoms with van der Waals surface area (Å²) in [7, 11) is 0. The summed E-state index contributed by atoms with van der Waals surface area (Å²) >= 11 is 0. The van der Waals surface area contributed by atoms with Crippen molar-refractivity contribution in [1.82, 2.24) is 9.13 Å². The van der Waals surface area contributed by atoms with Crippen LogP contribution in [0.4, 0.5) is 11.4 Å². The molecule has 0 bridgehead atoms. The van der Waals surface area contributed by atoms with Gasteiger partial charge < -0.3 is 19.3 Å². The minimum Gasteiger partial charge on any atom is -0.507 e. The molecule has 0 saturated heterocycles. The second kappa shape index (κ2) is 16.6. The van der Waals surface area contributed by atoms with E-state index in [2.05, 4.69) is 155 Å². The summed E-state index contributed by atoms with van der Waals surface area (Å²) < 4.78 is 4.58. The minimum absolute atomic E-state index is 0. The standard InChI is InChI=1S/C56H38N4O2.Pt/c61-55-33-39(37-25-29-43(30-26-37)59-51-17-7-1-11-45(51)46-12-2-8-18-52(46)59)21-23-41(55)35-57-49-15-5-6-16-50(49)58-36-42-24-22-40(34-56(42)62)38-27-31-44(32-28-38)60-53-19-9-3-13-47(53)48-14-4-10-20-54(48)60;/h1-36,61-62H;. The molecular formula is C56H38N4O2Pt. The van der Waals surface area contributed by atoms with Crippen molar-refractivity contribution >= 4 is 67.4 Å². The van der Waals surface area contributed by atoms with Crippen molar-refractivity contribution < 1.29 is 31.3 Å². The zero-order valence-electron chi connectivity index (χ0n) is 33.8. The van der Waals surface area contributed by atoms with Crippen molar-refractivity contribution in [2.45, 2.75) is 0 Å². The van der Waals surface area contributed by atoms with Crippen LogP contribution in [0.15, 0.2) is 216 Å². The molecule has 0 unspecified atom stereocenters. The van der Waals surface area contributed by atoms with Gasteiger partial charge in [0.25, 0.3) is 0 Å². The Balaban J connectivity index is 0.00000471. The molecule has 0 aliphatic carbocycles. The molecule has 11 aromatic rings. The molecule has 2 aromatic heterocycles. The van der Waals surface area contributed by atoms with Gasteiger partial charge in [-0.3, -0.25) is 9.98 Å². The summed E-state index contributed by atoms with van der Waals surface area (Å²) in [4.78, 5) is 9.42. The Hall–Kier alpha value is -7.79. The molecule has 0 radical (unpaired) electrons. The van der Waals surface area contributed by atoms with E-state index in [1.54, 1.807) is 24.6 Å². The molecule has 2 N–H and O–H groups in total. The van der Waals surface area contributed by atoms with Crippen LogP contribution in [0.2, 0.25) is 0 Å². The minimum atomic E-state index is 0. The predicted molar refractivity (Wildman–Crippen MR) is 257 cm³/mol. The number of nitrogens with zero attached hydrogens (tertiary/aromatic N) is 4. The van der Waals surface area contributed by atoms with Crippen LogP contribution in [-0.2, 0) is 21.1 Å². The summed E-state index contributed by atoms with van der Waals surface area (Å²) in [6.07, 6.45) is 3.30. The maximum atomic E-state index is 11.1. The van der Waals surface area contributed by atoms with Gasteiger partial charge in [-0.25, -0.2) is 0 Å². The van der Waals surface area contributed by atoms with Crippen molar-refractivity contribution in [3.63, 3.8) is 0 Å². The molecular weight excluding hydrogens is 956 g/mol. The van der Waals surface area contributed by atoms with E-state index in [4.69, 9.17) is 9.98 Å². The van der Waals surface area contributed by atoms with Gasteiger partial charge in [-0.1, -0.05) is 121 Å². The Labute approximate surface area is 378 Å². The number of phenols is 2. The number of aliphatic imine (C=N–C) groups is 2. The van der Waals surface area contributed by atoms with Crippen molar-refractivity contribution in [3.8, 4) is 45.1 Å². The van der Waals surface area contributed by atoms with E-state index in [1.807, 2.05) is 48.5 Å². The number of aromatic hydroxyl groups is 2. The normalized spacial score (nSPS) is 11.7. The summed E-state index contributed by atoms with van der Waals surface area (Å²) in [6.45, 7) is 0. The van der Waals surface area contributed by atoms with Crippen LogP contribution in [-0.4, -0.2) is 31.8 Å². The number of phenolic OH excluding ortho intramolecular Hbond substituents is 2. The van der Waals surface area contributed by atoms with Gasteiger partial charge in [0, 0.05) is 77.5 Å². The van der Waals surface area contributed by atoms with Crippen molar-refractivity contribution in [1.29, 1.82) is 0 Å². The molecule has 0 atom stereocenters. The quantitative estimate of drug-likeness (QED) is 0.149. The monoisotopic (exact) mass is 993 g/mol. The van der Waals surface area contributed by atoms with E-state index >= 15 is 0 Å². The van der Waals surface area contributed by atoms with Crippen molar-refractivity contribution in [2.24, 2.45) is 9.98 Å². The van der Waals surface area contributed by atoms with Gasteiger partial charge in [0.2, 0.25) is 0 Å². The fraction of sp³-hybridized carbons (Fsp3) is 0. The first-order chi connectivity index (χ1) is 30.6. The zero-order chi connectivity index (χ0) is 41.6. The maximum Gasteiger partial charge on any atom is 0.124 e. The Morgan fingerprint density at radius 2 is 0.635 bits per heavy atom. The molecule has 7 heteroatoms. The van der Waals surface area contributed by atoms with Crippen LogP contribution in [0.3, 0.4) is 0 Å². The van der Waals surface area contributed by atoms with Crippen LogP contribution < -0.4 is 0 Å². The third-order valence-electron chi connectivity index (χ3n) is 11.7. The number of aromatic nitrogens is 2. The number of hydrogen-bond donors (Lipinski definition) is 2. The topological polar surface area (TPSA) is 75.0 Å². The Morgan fingerprint density at radius 1 is 0.333 bits per heavy atom. The maximum absolute atomic E-state index is 11.1.